The van der Waals surface area contributed by atoms with Gasteiger partial charge < -0.3 is 25.2 Å². The molecule has 1 aromatic heterocycles. The summed E-state index contributed by atoms with van der Waals surface area (Å²) in [6.45, 7) is 1.15. The van der Waals surface area contributed by atoms with Crippen LogP contribution in [0.1, 0.15) is 22.3 Å². The zero-order chi connectivity index (χ0) is 21.3. The number of aliphatic hydroxyl groups excluding tert-OH is 1. The van der Waals surface area contributed by atoms with E-state index in [4.69, 9.17) is 15.2 Å². The van der Waals surface area contributed by atoms with Gasteiger partial charge in [-0.3, -0.25) is 0 Å². The van der Waals surface area contributed by atoms with Crippen LogP contribution in [0.3, 0.4) is 0 Å². The van der Waals surface area contributed by atoms with Crippen LogP contribution in [-0.4, -0.2) is 45.0 Å². The predicted molar refractivity (Wildman–Crippen MR) is 104 cm³/mol. The molecule has 1 aliphatic heterocycles. The van der Waals surface area contributed by atoms with Gasteiger partial charge in [0.2, 0.25) is 0 Å². The Balaban J connectivity index is 2.13. The maximum absolute atomic E-state index is 13.4. The second-order valence-corrected chi connectivity index (χ2v) is 7.71. The lowest BCUT2D eigenvalue weighted by Crippen LogP contribution is -2.22. The molecule has 1 saturated heterocycles. The standard InChI is InChI=1S/C19H21F3N2O4S/c1-27-13-4-3-11(7-12(13)19(20,21)22)16-15(23)14(18(26)28-2)17(29-16)24-6-5-10(8-24)9-25/h3-4,7,10,25H,5-6,8-9,23H2,1-2H3/t10-/m0/s1. The van der Waals surface area contributed by atoms with E-state index in [0.29, 0.717) is 23.0 Å². The fraction of sp³-hybridized carbons (Fsp3) is 0.421. The minimum Gasteiger partial charge on any atom is -0.496 e. The van der Waals surface area contributed by atoms with Crippen molar-refractivity contribution in [2.24, 2.45) is 5.92 Å². The topological polar surface area (TPSA) is 85.0 Å². The van der Waals surface area contributed by atoms with Crippen molar-refractivity contribution in [3.8, 4) is 16.2 Å². The molecule has 1 aliphatic rings. The number of ether oxygens (including phenoxy) is 2. The minimum atomic E-state index is -4.61. The largest absolute Gasteiger partial charge is 0.496 e. The minimum absolute atomic E-state index is 0.0190. The molecule has 0 radical (unpaired) electrons. The summed E-state index contributed by atoms with van der Waals surface area (Å²) >= 11 is 1.14. The number of benzene rings is 1. The van der Waals surface area contributed by atoms with Crippen molar-refractivity contribution in [1.29, 1.82) is 0 Å². The molecule has 0 amide bonds. The summed E-state index contributed by atoms with van der Waals surface area (Å²) in [5.41, 5.74) is 5.71. The van der Waals surface area contributed by atoms with Crippen molar-refractivity contribution in [3.05, 3.63) is 29.3 Å². The van der Waals surface area contributed by atoms with E-state index in [-0.39, 0.29) is 35.1 Å². The highest BCUT2D eigenvalue weighted by Gasteiger charge is 2.36. The molecule has 3 rings (SSSR count). The van der Waals surface area contributed by atoms with Crippen LogP contribution in [0.15, 0.2) is 18.2 Å². The fourth-order valence-electron chi connectivity index (χ4n) is 3.40. The molecule has 3 N–H and O–H groups in total. The van der Waals surface area contributed by atoms with Gasteiger partial charge in [0.05, 0.1) is 30.3 Å². The van der Waals surface area contributed by atoms with E-state index in [1.165, 1.54) is 26.4 Å². The number of aliphatic hydroxyl groups is 1. The van der Waals surface area contributed by atoms with Crippen molar-refractivity contribution < 1.29 is 32.5 Å². The number of methoxy groups -OCH3 is 2. The third kappa shape index (κ3) is 3.99. The maximum atomic E-state index is 13.4. The number of nitrogens with two attached hydrogens (primary N) is 1. The number of thiophene rings is 1. The molecule has 2 aromatic rings. The number of hydrogen-bond donors (Lipinski definition) is 2. The summed E-state index contributed by atoms with van der Waals surface area (Å²) in [6, 6.07) is 3.67. The molecular formula is C19H21F3N2O4S. The van der Waals surface area contributed by atoms with Gasteiger partial charge in [0.25, 0.3) is 0 Å². The van der Waals surface area contributed by atoms with E-state index in [0.717, 1.165) is 23.8 Å². The lowest BCUT2D eigenvalue weighted by molar-refractivity contribution is -0.138. The number of alkyl halides is 3. The van der Waals surface area contributed by atoms with Gasteiger partial charge in [-0.25, -0.2) is 4.79 Å². The van der Waals surface area contributed by atoms with Gasteiger partial charge in [-0.2, -0.15) is 13.2 Å². The predicted octanol–water partition coefficient (Wildman–Crippen LogP) is 3.63. The molecule has 1 atom stereocenters. The molecule has 6 nitrogen and oxygen atoms in total. The normalized spacial score (nSPS) is 16.9. The smallest absolute Gasteiger partial charge is 0.419 e. The molecule has 1 aromatic carbocycles. The third-order valence-corrected chi connectivity index (χ3v) is 6.23. The second-order valence-electron chi connectivity index (χ2n) is 6.71. The SMILES string of the molecule is COC(=O)c1c(N2CC[C@H](CO)C2)sc(-c2ccc(OC)c(C(F)(F)F)c2)c1N. The fourth-order valence-corrected chi connectivity index (χ4v) is 4.65. The van der Waals surface area contributed by atoms with Crippen LogP contribution in [0.2, 0.25) is 0 Å². The highest BCUT2D eigenvalue weighted by atomic mass is 32.1. The van der Waals surface area contributed by atoms with Crippen LogP contribution in [0.4, 0.5) is 23.9 Å². The first-order chi connectivity index (χ1) is 13.7. The van der Waals surface area contributed by atoms with Crippen molar-refractivity contribution >= 4 is 28.0 Å². The number of nitrogen functional groups attached to an aromatic ring is 1. The zero-order valence-electron chi connectivity index (χ0n) is 15.9. The molecular weight excluding hydrogens is 409 g/mol. The summed E-state index contributed by atoms with van der Waals surface area (Å²) in [7, 11) is 2.39. The Morgan fingerprint density at radius 2 is 2.10 bits per heavy atom. The highest BCUT2D eigenvalue weighted by Crippen LogP contribution is 2.47. The Bertz CT molecular complexity index is 914. The van der Waals surface area contributed by atoms with Gasteiger partial charge in [-0.1, -0.05) is 0 Å². The number of esters is 1. The number of carbonyl (C=O) groups is 1. The zero-order valence-corrected chi connectivity index (χ0v) is 16.7. The number of anilines is 2. The van der Waals surface area contributed by atoms with Crippen molar-refractivity contribution in [3.63, 3.8) is 0 Å². The summed E-state index contributed by atoms with van der Waals surface area (Å²) < 4.78 is 49.9. The van der Waals surface area contributed by atoms with E-state index in [1.807, 2.05) is 4.90 Å². The Morgan fingerprint density at radius 3 is 2.66 bits per heavy atom. The summed E-state index contributed by atoms with van der Waals surface area (Å²) in [6.07, 6.45) is -3.87. The first-order valence-electron chi connectivity index (χ1n) is 8.83. The number of rotatable bonds is 5. The monoisotopic (exact) mass is 430 g/mol. The van der Waals surface area contributed by atoms with E-state index >= 15 is 0 Å². The average molecular weight is 430 g/mol. The number of carbonyl (C=O) groups excluding carboxylic acids is 1. The van der Waals surface area contributed by atoms with Crippen LogP contribution in [0.25, 0.3) is 10.4 Å². The van der Waals surface area contributed by atoms with Gasteiger partial charge in [0, 0.05) is 25.6 Å². The Kier molecular flexibility index (Phi) is 5.95. The van der Waals surface area contributed by atoms with E-state index < -0.39 is 17.7 Å². The molecule has 0 saturated carbocycles. The van der Waals surface area contributed by atoms with Crippen LogP contribution in [0.5, 0.6) is 5.75 Å². The van der Waals surface area contributed by atoms with E-state index in [1.54, 1.807) is 0 Å². The van der Waals surface area contributed by atoms with E-state index in [9.17, 15) is 23.1 Å². The lowest BCUT2D eigenvalue weighted by Gasteiger charge is -2.17. The summed E-state index contributed by atoms with van der Waals surface area (Å²) in [5.74, 6) is -0.891. The van der Waals surface area contributed by atoms with Crippen molar-refractivity contribution in [2.45, 2.75) is 12.6 Å². The van der Waals surface area contributed by atoms with Crippen LogP contribution >= 0.6 is 11.3 Å². The first kappa shape index (κ1) is 21.3. The molecule has 158 valence electrons. The Hall–Kier alpha value is -2.46. The number of hydrogen-bond acceptors (Lipinski definition) is 7. The quantitative estimate of drug-likeness (QED) is 0.705. The summed E-state index contributed by atoms with van der Waals surface area (Å²) in [4.78, 5) is 14.6. The Morgan fingerprint density at radius 1 is 1.38 bits per heavy atom. The Labute approximate surface area is 169 Å². The van der Waals surface area contributed by atoms with Gasteiger partial charge in [-0.05, 0) is 30.2 Å². The van der Waals surface area contributed by atoms with E-state index in [2.05, 4.69) is 0 Å². The van der Waals surface area contributed by atoms with Gasteiger partial charge in [-0.15, -0.1) is 11.3 Å². The summed E-state index contributed by atoms with van der Waals surface area (Å²) in [5, 5.41) is 9.92. The number of nitrogens with zero attached hydrogens (tertiary/aromatic N) is 1. The second kappa shape index (κ2) is 8.11. The van der Waals surface area contributed by atoms with Crippen LogP contribution in [-0.2, 0) is 10.9 Å². The molecule has 0 unspecified atom stereocenters. The van der Waals surface area contributed by atoms with Gasteiger partial charge in [0.1, 0.15) is 16.3 Å². The third-order valence-electron chi connectivity index (χ3n) is 4.91. The molecule has 0 bridgehead atoms. The first-order valence-corrected chi connectivity index (χ1v) is 9.64. The lowest BCUT2D eigenvalue weighted by atomic mass is 10.1. The van der Waals surface area contributed by atoms with Crippen molar-refractivity contribution in [1.82, 2.24) is 0 Å². The average Bonchev–Trinajstić information content (AvgIpc) is 3.30. The number of halogens is 3. The van der Waals surface area contributed by atoms with Gasteiger partial charge in [0.15, 0.2) is 0 Å². The molecule has 0 spiro atoms. The molecule has 1 fully saturated rings. The maximum Gasteiger partial charge on any atom is 0.419 e. The molecule has 10 heteroatoms. The molecule has 29 heavy (non-hydrogen) atoms. The highest BCUT2D eigenvalue weighted by molar-refractivity contribution is 7.20. The molecule has 0 aliphatic carbocycles. The molecule has 2 heterocycles. The van der Waals surface area contributed by atoms with Gasteiger partial charge >= 0.3 is 12.1 Å². The van der Waals surface area contributed by atoms with Crippen LogP contribution in [0, 0.1) is 5.92 Å². The van der Waals surface area contributed by atoms with Crippen molar-refractivity contribution in [2.75, 3.05) is 44.5 Å². The van der Waals surface area contributed by atoms with Crippen LogP contribution < -0.4 is 15.4 Å².